The molecule has 12 heteroatoms. The summed E-state index contributed by atoms with van der Waals surface area (Å²) >= 11 is 8.15. The molecule has 9 nitrogen and oxygen atoms in total. The van der Waals surface area contributed by atoms with Gasteiger partial charge in [-0.15, -0.1) is 11.8 Å². The van der Waals surface area contributed by atoms with Crippen molar-refractivity contribution in [1.29, 1.82) is 0 Å². The highest BCUT2D eigenvalue weighted by molar-refractivity contribution is 8.00. The topological polar surface area (TPSA) is 100 Å². The van der Waals surface area contributed by atoms with Gasteiger partial charge in [-0.3, -0.25) is 9.59 Å². The van der Waals surface area contributed by atoms with Crippen LogP contribution in [0.2, 0.25) is 5.02 Å². The minimum atomic E-state index is -0.621. The molecular formula is C32H30ClFN6O3S. The molecule has 1 N–H and O–H groups in total. The molecule has 6 rings (SSSR count). The maximum absolute atomic E-state index is 15.5. The Balaban J connectivity index is 1.70. The van der Waals surface area contributed by atoms with E-state index in [9.17, 15) is 14.4 Å². The number of amides is 2. The largest absolute Gasteiger partial charge is 0.355 e. The first-order chi connectivity index (χ1) is 21.1. The lowest BCUT2D eigenvalue weighted by molar-refractivity contribution is -0.126. The molecule has 2 amide bonds. The van der Waals surface area contributed by atoms with Gasteiger partial charge in [0.25, 0.3) is 0 Å². The molecular weight excluding hydrogens is 603 g/mol. The zero-order chi connectivity index (χ0) is 31.3. The first kappa shape index (κ1) is 29.8. The van der Waals surface area contributed by atoms with E-state index < -0.39 is 11.5 Å². The van der Waals surface area contributed by atoms with E-state index in [-0.39, 0.29) is 57.1 Å². The predicted molar refractivity (Wildman–Crippen MR) is 173 cm³/mol. The van der Waals surface area contributed by atoms with E-state index in [4.69, 9.17) is 16.6 Å². The summed E-state index contributed by atoms with van der Waals surface area (Å²) in [6.07, 6.45) is 1.29. The normalized spacial score (nSPS) is 16.7. The van der Waals surface area contributed by atoms with Crippen molar-refractivity contribution in [3.63, 3.8) is 0 Å². The highest BCUT2D eigenvalue weighted by Gasteiger charge is 2.31. The zero-order valence-corrected chi connectivity index (χ0v) is 26.0. The number of hydrogen-bond acceptors (Lipinski definition) is 7. The highest BCUT2D eigenvalue weighted by Crippen LogP contribution is 2.40. The summed E-state index contributed by atoms with van der Waals surface area (Å²) < 4.78 is 17.0. The molecule has 2 aliphatic rings. The summed E-state index contributed by atoms with van der Waals surface area (Å²) in [5.41, 5.74) is 1.45. The third-order valence-electron chi connectivity index (χ3n) is 7.95. The quantitative estimate of drug-likeness (QED) is 0.292. The number of piperazine rings is 1. The summed E-state index contributed by atoms with van der Waals surface area (Å²) in [5, 5.41) is 3.45. The van der Waals surface area contributed by atoms with Crippen molar-refractivity contribution in [2.24, 2.45) is 0 Å². The lowest BCUT2D eigenvalue weighted by atomic mass is 10.0. The number of pyridine rings is 1. The number of nitrogens with one attached hydrogen (secondary N) is 1. The van der Waals surface area contributed by atoms with Crippen molar-refractivity contribution in [3.05, 3.63) is 82.0 Å². The van der Waals surface area contributed by atoms with E-state index in [0.29, 0.717) is 41.4 Å². The van der Waals surface area contributed by atoms with Crippen LogP contribution in [0, 0.1) is 5.82 Å². The molecule has 44 heavy (non-hydrogen) atoms. The number of anilines is 2. The van der Waals surface area contributed by atoms with Crippen molar-refractivity contribution >= 4 is 57.7 Å². The number of hydrogen-bond donors (Lipinski definition) is 1. The van der Waals surface area contributed by atoms with Gasteiger partial charge in [-0.05, 0) is 48.7 Å². The van der Waals surface area contributed by atoms with Crippen LogP contribution in [0.5, 0.6) is 0 Å². The van der Waals surface area contributed by atoms with Crippen LogP contribution < -0.4 is 15.9 Å². The molecule has 2 aliphatic heterocycles. The first-order valence-corrected chi connectivity index (χ1v) is 15.6. The monoisotopic (exact) mass is 632 g/mol. The van der Waals surface area contributed by atoms with Gasteiger partial charge < -0.3 is 15.1 Å². The second kappa shape index (κ2) is 11.7. The number of nitrogens with zero attached hydrogens (tertiary/aromatic N) is 5. The Kier molecular flexibility index (Phi) is 7.93. The Bertz CT molecular complexity index is 1910. The lowest BCUT2D eigenvalue weighted by Crippen LogP contribution is -2.54. The molecule has 226 valence electrons. The van der Waals surface area contributed by atoms with Crippen molar-refractivity contribution in [2.45, 2.75) is 37.6 Å². The van der Waals surface area contributed by atoms with Crippen LogP contribution in [0.3, 0.4) is 0 Å². The van der Waals surface area contributed by atoms with Crippen LogP contribution in [-0.4, -0.2) is 62.7 Å². The SMILES string of the molecule is C=CC(=O)N1CCN(c2nc(=O)n3c4nc(c(Cl)cc24)-c2c(F)cccc2NC(=O)CSc2cccc(C(C)C)c2-3)[C@@H](C)C1. The van der Waals surface area contributed by atoms with Gasteiger partial charge in [0.15, 0.2) is 5.65 Å². The Morgan fingerprint density at radius 3 is 2.68 bits per heavy atom. The first-order valence-electron chi connectivity index (χ1n) is 14.2. The predicted octanol–water partition coefficient (Wildman–Crippen LogP) is 5.63. The van der Waals surface area contributed by atoms with Gasteiger partial charge >= 0.3 is 5.69 Å². The molecule has 0 unspecified atom stereocenters. The number of carbonyl (C=O) groups excluding carboxylic acids is 2. The number of carbonyl (C=O) groups is 2. The molecule has 2 bridgehead atoms. The number of fused-ring (bicyclic) bond motifs is 5. The van der Waals surface area contributed by atoms with Gasteiger partial charge in [-0.2, -0.15) is 4.98 Å². The van der Waals surface area contributed by atoms with E-state index in [1.165, 1.54) is 34.5 Å². The molecule has 0 spiro atoms. The van der Waals surface area contributed by atoms with Crippen LogP contribution in [0.4, 0.5) is 15.9 Å². The minimum absolute atomic E-state index is 0.00865. The van der Waals surface area contributed by atoms with Crippen molar-refractivity contribution in [1.82, 2.24) is 19.4 Å². The van der Waals surface area contributed by atoms with Crippen molar-refractivity contribution in [2.75, 3.05) is 35.6 Å². The minimum Gasteiger partial charge on any atom is -0.350 e. The average molecular weight is 633 g/mol. The molecule has 2 aromatic heterocycles. The molecule has 0 saturated carbocycles. The lowest BCUT2D eigenvalue weighted by Gasteiger charge is -2.40. The van der Waals surface area contributed by atoms with Crippen molar-refractivity contribution in [3.8, 4) is 16.9 Å². The number of rotatable bonds is 3. The third kappa shape index (κ3) is 5.13. The van der Waals surface area contributed by atoms with Gasteiger partial charge in [0, 0.05) is 30.6 Å². The van der Waals surface area contributed by atoms with E-state index in [2.05, 4.69) is 16.9 Å². The van der Waals surface area contributed by atoms with Gasteiger partial charge in [-0.25, -0.2) is 18.7 Å². The zero-order valence-electron chi connectivity index (χ0n) is 24.4. The highest BCUT2D eigenvalue weighted by atomic mass is 35.5. The van der Waals surface area contributed by atoms with E-state index in [0.717, 1.165) is 5.56 Å². The summed E-state index contributed by atoms with van der Waals surface area (Å²) in [6.45, 7) is 10.8. The molecule has 1 fully saturated rings. The molecule has 4 heterocycles. The van der Waals surface area contributed by atoms with Crippen LogP contribution in [-0.2, 0) is 9.59 Å². The maximum Gasteiger partial charge on any atom is 0.355 e. The Morgan fingerprint density at radius 2 is 1.95 bits per heavy atom. The van der Waals surface area contributed by atoms with Gasteiger partial charge in [0.05, 0.1) is 38.8 Å². The fourth-order valence-corrected chi connectivity index (χ4v) is 6.99. The van der Waals surface area contributed by atoms with Gasteiger partial charge in [-0.1, -0.05) is 50.2 Å². The number of para-hydroxylation sites is 1. The fraction of sp³-hybridized carbons (Fsp3) is 0.281. The molecule has 2 aromatic carbocycles. The molecule has 0 radical (unpaired) electrons. The van der Waals surface area contributed by atoms with Crippen LogP contribution >= 0.6 is 23.4 Å². The summed E-state index contributed by atoms with van der Waals surface area (Å²) in [6, 6.07) is 11.5. The van der Waals surface area contributed by atoms with Crippen LogP contribution in [0.15, 0.2) is 64.8 Å². The molecule has 1 atom stereocenters. The fourth-order valence-electron chi connectivity index (χ4n) is 5.86. The molecule has 4 aromatic rings. The number of halogens is 2. The Hall–Kier alpha value is -4.22. The summed E-state index contributed by atoms with van der Waals surface area (Å²) in [7, 11) is 0. The average Bonchev–Trinajstić information content (AvgIpc) is 2.99. The summed E-state index contributed by atoms with van der Waals surface area (Å²) in [4.78, 5) is 53.5. The number of benzene rings is 2. The van der Waals surface area contributed by atoms with Crippen molar-refractivity contribution < 1.29 is 14.0 Å². The third-order valence-corrected chi connectivity index (χ3v) is 9.28. The van der Waals surface area contributed by atoms with E-state index in [1.54, 1.807) is 17.0 Å². The van der Waals surface area contributed by atoms with E-state index >= 15 is 4.39 Å². The van der Waals surface area contributed by atoms with Crippen LogP contribution in [0.25, 0.3) is 28.0 Å². The number of thioether (sulfide) groups is 1. The second-order valence-electron chi connectivity index (χ2n) is 11.1. The van der Waals surface area contributed by atoms with Gasteiger partial charge in [0.2, 0.25) is 11.8 Å². The van der Waals surface area contributed by atoms with Crippen LogP contribution in [0.1, 0.15) is 32.3 Å². The standard InChI is InChI=1S/C32H30ClFN6O3S/c1-5-26(42)38-12-13-39(18(4)15-38)30-20-14-21(33)28-27-22(34)9-7-10-23(27)35-25(41)16-44-24-11-6-8-19(17(2)3)29(24)40(31(20)36-28)32(43)37-30/h5-11,14,17-18H,1,12-13,15-16H2,2-4H3,(H,35,41)/t18-/m0/s1. The van der Waals surface area contributed by atoms with Gasteiger partial charge in [0.1, 0.15) is 11.6 Å². The maximum atomic E-state index is 15.5. The molecule has 0 aliphatic carbocycles. The summed E-state index contributed by atoms with van der Waals surface area (Å²) in [5.74, 6) is -0.716. The second-order valence-corrected chi connectivity index (χ2v) is 12.5. The smallest absolute Gasteiger partial charge is 0.350 e. The van der Waals surface area contributed by atoms with E-state index in [1.807, 2.05) is 43.9 Å². The number of aromatic nitrogens is 3. The Morgan fingerprint density at radius 1 is 1.18 bits per heavy atom. The molecule has 1 saturated heterocycles. The Labute approximate surface area is 262 Å².